The van der Waals surface area contributed by atoms with Crippen molar-refractivity contribution in [2.45, 2.75) is 48.4 Å². The number of hydrogen-bond acceptors (Lipinski definition) is 5. The monoisotopic (exact) mass is 550 g/mol. The zero-order valence-corrected chi connectivity index (χ0v) is 23.5. The molecule has 0 radical (unpaired) electrons. The van der Waals surface area contributed by atoms with Gasteiger partial charge in [0, 0.05) is 10.8 Å². The first-order valence-corrected chi connectivity index (χ1v) is 14.6. The minimum absolute atomic E-state index is 0.200. The third-order valence-electron chi connectivity index (χ3n) is 7.74. The van der Waals surface area contributed by atoms with Crippen LogP contribution in [0.25, 0.3) is 0 Å². The molecule has 2 fully saturated rings. The van der Waals surface area contributed by atoms with Crippen molar-refractivity contribution >= 4 is 11.8 Å². The Bertz CT molecular complexity index is 1330. The van der Waals surface area contributed by atoms with Crippen LogP contribution in [0.3, 0.4) is 0 Å². The zero-order valence-electron chi connectivity index (χ0n) is 22.7. The van der Waals surface area contributed by atoms with E-state index in [0.29, 0.717) is 6.61 Å². The minimum Gasteiger partial charge on any atom is -0.386 e. The van der Waals surface area contributed by atoms with Crippen molar-refractivity contribution in [1.82, 2.24) is 0 Å². The van der Waals surface area contributed by atoms with E-state index < -0.39 is 23.6 Å². The summed E-state index contributed by atoms with van der Waals surface area (Å²) >= 11 is 1.60. The molecule has 204 valence electrons. The van der Waals surface area contributed by atoms with Gasteiger partial charge in [0.2, 0.25) is 0 Å². The number of hydrogen-bond donors (Lipinski definition) is 1. The first-order chi connectivity index (χ1) is 19.5. The smallest absolute Gasteiger partial charge is 0.163 e. The lowest BCUT2D eigenvalue weighted by Crippen LogP contribution is -2.37. The van der Waals surface area contributed by atoms with E-state index in [1.807, 2.05) is 86.6 Å². The lowest BCUT2D eigenvalue weighted by Gasteiger charge is -2.37. The number of fused-ring (bicyclic) bond motifs is 1. The van der Waals surface area contributed by atoms with E-state index in [0.717, 1.165) is 27.2 Å². The lowest BCUT2D eigenvalue weighted by atomic mass is 9.80. The van der Waals surface area contributed by atoms with Crippen LogP contribution in [0.5, 0.6) is 0 Å². The van der Waals surface area contributed by atoms with E-state index in [2.05, 4.69) is 53.9 Å². The van der Waals surface area contributed by atoms with Crippen LogP contribution < -0.4 is 0 Å². The predicted octanol–water partition coefficient (Wildman–Crippen LogP) is 7.18. The Labute approximate surface area is 240 Å². The minimum atomic E-state index is -0.862. The molecule has 40 heavy (non-hydrogen) atoms. The molecule has 1 N–H and O–H groups in total. The van der Waals surface area contributed by atoms with Gasteiger partial charge in [0.05, 0.1) is 12.7 Å². The second-order valence-electron chi connectivity index (χ2n) is 10.8. The number of thioether (sulfide) groups is 1. The number of rotatable bonds is 8. The van der Waals surface area contributed by atoms with Gasteiger partial charge < -0.3 is 19.3 Å². The summed E-state index contributed by atoms with van der Waals surface area (Å²) in [5.41, 5.74) is 3.13. The third kappa shape index (κ3) is 5.16. The van der Waals surface area contributed by atoms with Crippen molar-refractivity contribution in [2.24, 2.45) is 5.92 Å². The van der Waals surface area contributed by atoms with Gasteiger partial charge >= 0.3 is 0 Å². The van der Waals surface area contributed by atoms with Crippen molar-refractivity contribution in [2.75, 3.05) is 6.61 Å². The number of aliphatic hydroxyl groups excluding tert-OH is 1. The topological polar surface area (TPSA) is 47.9 Å². The van der Waals surface area contributed by atoms with E-state index >= 15 is 0 Å². The molecule has 1 heterocycles. The van der Waals surface area contributed by atoms with Gasteiger partial charge in [-0.2, -0.15) is 0 Å². The second kappa shape index (κ2) is 11.4. The van der Waals surface area contributed by atoms with Crippen LogP contribution in [-0.4, -0.2) is 35.8 Å². The van der Waals surface area contributed by atoms with E-state index in [9.17, 15) is 5.11 Å². The fraction of sp³-hybridized carbons (Fsp3) is 0.257. The maximum atomic E-state index is 11.5. The molecule has 4 nitrogen and oxygen atoms in total. The van der Waals surface area contributed by atoms with Gasteiger partial charge in [-0.25, -0.2) is 0 Å². The van der Waals surface area contributed by atoms with Crippen molar-refractivity contribution < 1.29 is 19.3 Å². The van der Waals surface area contributed by atoms with Crippen LogP contribution in [0.1, 0.15) is 30.5 Å². The fourth-order valence-electron chi connectivity index (χ4n) is 5.94. The molecule has 2 aliphatic rings. The molecule has 1 aliphatic carbocycles. The summed E-state index contributed by atoms with van der Waals surface area (Å²) in [6.07, 6.45) is -1.56. The van der Waals surface area contributed by atoms with E-state index in [1.54, 1.807) is 11.8 Å². The summed E-state index contributed by atoms with van der Waals surface area (Å²) in [7, 11) is 0. The maximum absolute atomic E-state index is 11.5. The van der Waals surface area contributed by atoms with Crippen LogP contribution in [0.4, 0.5) is 0 Å². The average molecular weight is 551 g/mol. The Kier molecular flexibility index (Phi) is 7.67. The highest BCUT2D eigenvalue weighted by molar-refractivity contribution is 8.02. The molecule has 5 heteroatoms. The van der Waals surface area contributed by atoms with Gasteiger partial charge in [-0.05, 0) is 53.7 Å². The molecule has 0 spiro atoms. The highest BCUT2D eigenvalue weighted by Gasteiger charge is 2.56. The zero-order chi connectivity index (χ0) is 27.6. The van der Waals surface area contributed by atoms with Gasteiger partial charge in [0.15, 0.2) is 5.79 Å². The van der Waals surface area contributed by atoms with Crippen LogP contribution in [-0.2, 0) is 19.8 Å². The van der Waals surface area contributed by atoms with Gasteiger partial charge in [0.1, 0.15) is 17.8 Å². The van der Waals surface area contributed by atoms with Crippen LogP contribution in [0.2, 0.25) is 0 Å². The maximum Gasteiger partial charge on any atom is 0.163 e. The van der Waals surface area contributed by atoms with Gasteiger partial charge in [-0.15, -0.1) is 0 Å². The quantitative estimate of drug-likeness (QED) is 0.186. The summed E-state index contributed by atoms with van der Waals surface area (Å²) < 4.78 is 19.8. The molecule has 0 aromatic heterocycles. The van der Waals surface area contributed by atoms with E-state index in [-0.39, 0.29) is 12.0 Å². The largest absolute Gasteiger partial charge is 0.386 e. The summed E-state index contributed by atoms with van der Waals surface area (Å²) in [6, 6.07) is 41.2. The normalized spacial score (nSPS) is 24.7. The Morgan fingerprint density at radius 2 is 1.18 bits per heavy atom. The molecule has 0 amide bonds. The molecule has 6 rings (SSSR count). The third-order valence-corrected chi connectivity index (χ3v) is 8.67. The summed E-state index contributed by atoms with van der Waals surface area (Å²) in [6.45, 7) is 4.14. The standard InChI is InChI=1S/C35H34O4S/c1-34(2)38-32-29(30(31(36)33(32)39-34)24-40-28-21-13-6-14-22-28)23-37-35(25-15-7-3-8-16-25,26-17-9-4-10-18-26)27-19-11-5-12-20-27/h3-22,24,29,31-33,36H,23H2,1-2H3/b30-24+/t29-,31+,32-,33+/m1/s1. The van der Waals surface area contributed by atoms with Crippen LogP contribution >= 0.6 is 11.8 Å². The first kappa shape index (κ1) is 27.0. The van der Waals surface area contributed by atoms with Crippen molar-refractivity contribution in [3.8, 4) is 0 Å². The second-order valence-corrected chi connectivity index (χ2v) is 11.7. The number of benzene rings is 4. The Hall–Kier alpha value is -3.19. The molecular formula is C35H34O4S. The summed E-state index contributed by atoms with van der Waals surface area (Å²) in [4.78, 5) is 1.10. The highest BCUT2D eigenvalue weighted by atomic mass is 32.2. The summed E-state index contributed by atoms with van der Waals surface area (Å²) in [5.74, 6) is -0.976. The predicted molar refractivity (Wildman–Crippen MR) is 159 cm³/mol. The van der Waals surface area contributed by atoms with Crippen LogP contribution in [0, 0.1) is 5.92 Å². The molecule has 4 aromatic rings. The molecule has 0 unspecified atom stereocenters. The number of aliphatic hydroxyl groups is 1. The van der Waals surface area contributed by atoms with Gasteiger partial charge in [0.25, 0.3) is 0 Å². The fourth-order valence-corrected chi connectivity index (χ4v) is 6.84. The van der Waals surface area contributed by atoms with Crippen molar-refractivity contribution in [3.63, 3.8) is 0 Å². The first-order valence-electron chi connectivity index (χ1n) is 13.7. The molecule has 1 saturated carbocycles. The Balaban J connectivity index is 1.42. The number of ether oxygens (including phenoxy) is 3. The van der Waals surface area contributed by atoms with Crippen LogP contribution in [0.15, 0.2) is 137 Å². The summed E-state index contributed by atoms with van der Waals surface area (Å²) in [5, 5.41) is 13.5. The van der Waals surface area contributed by atoms with Crippen molar-refractivity contribution in [3.05, 3.63) is 149 Å². The van der Waals surface area contributed by atoms with Crippen molar-refractivity contribution in [1.29, 1.82) is 0 Å². The SMILES string of the molecule is CC1(C)O[C@@H]2[C@H](O1)[C@H](COC(c1ccccc1)(c1ccccc1)c1ccccc1)/C(=C\Sc1ccccc1)[C@@H]2O. The molecule has 4 aromatic carbocycles. The Morgan fingerprint density at radius 1 is 0.725 bits per heavy atom. The highest BCUT2D eigenvalue weighted by Crippen LogP contribution is 2.48. The van der Waals surface area contributed by atoms with Gasteiger partial charge in [-0.1, -0.05) is 121 Å². The van der Waals surface area contributed by atoms with E-state index in [4.69, 9.17) is 14.2 Å². The molecular weight excluding hydrogens is 516 g/mol. The molecule has 1 aliphatic heterocycles. The lowest BCUT2D eigenvalue weighted by molar-refractivity contribution is -0.163. The average Bonchev–Trinajstić information content (AvgIpc) is 3.44. The Morgan fingerprint density at radius 3 is 1.68 bits per heavy atom. The molecule has 4 atom stereocenters. The van der Waals surface area contributed by atoms with Gasteiger partial charge in [-0.3, -0.25) is 0 Å². The molecule has 1 saturated heterocycles. The van der Waals surface area contributed by atoms with E-state index in [1.165, 1.54) is 0 Å². The molecule has 0 bridgehead atoms.